The molecule has 2 unspecified atom stereocenters. The van der Waals surface area contributed by atoms with Crippen molar-refractivity contribution in [2.75, 3.05) is 13.1 Å². The number of aryl methyl sites for hydroxylation is 1. The average molecular weight is 249 g/mol. The van der Waals surface area contributed by atoms with E-state index in [9.17, 15) is 5.11 Å². The maximum atomic E-state index is 10.4. The van der Waals surface area contributed by atoms with E-state index >= 15 is 0 Å². The number of nitrogens with zero attached hydrogens (tertiary/aromatic N) is 2. The Kier molecular flexibility index (Phi) is 4.19. The second-order valence-corrected chi connectivity index (χ2v) is 5.46. The molecule has 2 atom stereocenters. The largest absolute Gasteiger partial charge is 0.384 e. The Balaban J connectivity index is 1.80. The molecule has 0 bridgehead atoms. The van der Waals surface area contributed by atoms with Crippen LogP contribution >= 0.6 is 0 Å². The molecule has 0 amide bonds. The van der Waals surface area contributed by atoms with Gasteiger partial charge in [-0.3, -0.25) is 4.68 Å². The second-order valence-electron chi connectivity index (χ2n) is 5.46. The van der Waals surface area contributed by atoms with E-state index in [1.54, 1.807) is 10.9 Å². The Morgan fingerprint density at radius 1 is 1.56 bits per heavy atom. The Morgan fingerprint density at radius 2 is 2.39 bits per heavy atom. The lowest BCUT2D eigenvalue weighted by atomic mass is 9.93. The average Bonchev–Trinajstić information content (AvgIpc) is 2.78. The molecule has 1 aromatic rings. The molecule has 1 aliphatic carbocycles. The van der Waals surface area contributed by atoms with Crippen molar-refractivity contribution in [2.24, 2.45) is 13.0 Å². The summed E-state index contributed by atoms with van der Waals surface area (Å²) in [5, 5.41) is 17.9. The molecule has 1 aromatic heterocycles. The van der Waals surface area contributed by atoms with E-state index in [1.165, 1.54) is 12.8 Å². The van der Waals surface area contributed by atoms with Gasteiger partial charge in [0.2, 0.25) is 0 Å². The van der Waals surface area contributed by atoms with Gasteiger partial charge in [-0.15, -0.1) is 0 Å². The molecule has 0 spiro atoms. The highest BCUT2D eigenvalue weighted by atomic mass is 16.3. The van der Waals surface area contributed by atoms with Gasteiger partial charge in [0.05, 0.1) is 6.20 Å². The summed E-state index contributed by atoms with van der Waals surface area (Å²) in [5.41, 5.74) is 0.0136. The number of hydrogen-bond acceptors (Lipinski definition) is 3. The standard InChI is InChI=1S/C14H23N3O/c1-14(18,13-9-16-17(2)10-13)11-15-8-12-6-4-3-5-7-12/h3-4,9-10,12,15,18H,5-8,11H2,1-2H3. The van der Waals surface area contributed by atoms with Crippen LogP contribution < -0.4 is 5.32 Å². The van der Waals surface area contributed by atoms with Crippen molar-refractivity contribution in [3.63, 3.8) is 0 Å². The molecule has 0 fully saturated rings. The molecule has 4 heteroatoms. The zero-order chi connectivity index (χ0) is 13.0. The summed E-state index contributed by atoms with van der Waals surface area (Å²) in [6, 6.07) is 0. The second kappa shape index (κ2) is 5.67. The molecule has 2 rings (SSSR count). The van der Waals surface area contributed by atoms with E-state index in [4.69, 9.17) is 0 Å². The Labute approximate surface area is 109 Å². The first-order valence-electron chi connectivity index (χ1n) is 6.65. The molecule has 0 radical (unpaired) electrons. The van der Waals surface area contributed by atoms with Crippen molar-refractivity contribution in [2.45, 2.75) is 31.8 Å². The van der Waals surface area contributed by atoms with Crippen LogP contribution in [0.5, 0.6) is 0 Å². The fourth-order valence-electron chi connectivity index (χ4n) is 2.36. The van der Waals surface area contributed by atoms with Crippen LogP contribution in [0.4, 0.5) is 0 Å². The van der Waals surface area contributed by atoms with E-state index in [-0.39, 0.29) is 0 Å². The monoisotopic (exact) mass is 249 g/mol. The van der Waals surface area contributed by atoms with E-state index in [0.717, 1.165) is 18.5 Å². The highest BCUT2D eigenvalue weighted by Gasteiger charge is 2.24. The van der Waals surface area contributed by atoms with Crippen LogP contribution in [-0.2, 0) is 12.6 Å². The molecule has 0 aromatic carbocycles. The summed E-state index contributed by atoms with van der Waals surface area (Å²) in [6.45, 7) is 3.37. The zero-order valence-corrected chi connectivity index (χ0v) is 11.3. The lowest BCUT2D eigenvalue weighted by molar-refractivity contribution is 0.0558. The van der Waals surface area contributed by atoms with Gasteiger partial charge in [-0.1, -0.05) is 12.2 Å². The molecule has 1 aliphatic rings. The molecule has 0 saturated carbocycles. The normalized spacial score (nSPS) is 22.9. The first-order valence-corrected chi connectivity index (χ1v) is 6.65. The smallest absolute Gasteiger partial charge is 0.102 e. The number of aromatic nitrogens is 2. The van der Waals surface area contributed by atoms with Gasteiger partial charge in [0, 0.05) is 25.4 Å². The lowest BCUT2D eigenvalue weighted by Gasteiger charge is -2.25. The zero-order valence-electron chi connectivity index (χ0n) is 11.3. The Hall–Kier alpha value is -1.13. The van der Waals surface area contributed by atoms with Crippen LogP contribution in [0, 0.1) is 5.92 Å². The first kappa shape index (κ1) is 13.3. The SMILES string of the molecule is Cn1cc(C(C)(O)CNCC2CC=CCC2)cn1. The molecular weight excluding hydrogens is 226 g/mol. The fourth-order valence-corrected chi connectivity index (χ4v) is 2.36. The van der Waals surface area contributed by atoms with E-state index in [0.29, 0.717) is 12.5 Å². The number of allylic oxidation sites excluding steroid dienone is 2. The van der Waals surface area contributed by atoms with Crippen LogP contribution in [0.3, 0.4) is 0 Å². The third kappa shape index (κ3) is 3.43. The fraction of sp³-hybridized carbons (Fsp3) is 0.643. The van der Waals surface area contributed by atoms with E-state index in [2.05, 4.69) is 22.6 Å². The van der Waals surface area contributed by atoms with Gasteiger partial charge in [0.1, 0.15) is 5.60 Å². The molecule has 100 valence electrons. The molecule has 2 N–H and O–H groups in total. The van der Waals surface area contributed by atoms with Crippen molar-refractivity contribution in [1.82, 2.24) is 15.1 Å². The van der Waals surface area contributed by atoms with Crippen LogP contribution in [-0.4, -0.2) is 28.0 Å². The topological polar surface area (TPSA) is 50.1 Å². The summed E-state index contributed by atoms with van der Waals surface area (Å²) >= 11 is 0. The summed E-state index contributed by atoms with van der Waals surface area (Å²) in [5.74, 6) is 0.708. The number of hydrogen-bond donors (Lipinski definition) is 2. The highest BCUT2D eigenvalue weighted by Crippen LogP contribution is 2.20. The summed E-state index contributed by atoms with van der Waals surface area (Å²) in [6.07, 6.45) is 11.7. The molecule has 1 heterocycles. The minimum Gasteiger partial charge on any atom is -0.384 e. The van der Waals surface area contributed by atoms with E-state index < -0.39 is 5.60 Å². The lowest BCUT2D eigenvalue weighted by Crippen LogP contribution is -2.37. The van der Waals surface area contributed by atoms with Crippen molar-refractivity contribution in [1.29, 1.82) is 0 Å². The van der Waals surface area contributed by atoms with Crippen LogP contribution in [0.15, 0.2) is 24.5 Å². The maximum absolute atomic E-state index is 10.4. The Bertz CT molecular complexity index is 409. The number of aliphatic hydroxyl groups is 1. The first-order chi connectivity index (χ1) is 8.58. The summed E-state index contributed by atoms with van der Waals surface area (Å²) in [7, 11) is 1.86. The third-order valence-electron chi connectivity index (χ3n) is 3.61. The molecular formula is C14H23N3O. The molecule has 0 saturated heterocycles. The van der Waals surface area contributed by atoms with Crippen LogP contribution in [0.25, 0.3) is 0 Å². The quantitative estimate of drug-likeness (QED) is 0.779. The van der Waals surface area contributed by atoms with Gasteiger partial charge in [-0.25, -0.2) is 0 Å². The number of nitrogens with one attached hydrogen (secondary N) is 1. The van der Waals surface area contributed by atoms with Crippen molar-refractivity contribution in [3.8, 4) is 0 Å². The minimum atomic E-state index is -0.848. The Morgan fingerprint density at radius 3 is 3.00 bits per heavy atom. The number of rotatable bonds is 5. The van der Waals surface area contributed by atoms with Gasteiger partial charge in [0.25, 0.3) is 0 Å². The predicted molar refractivity (Wildman–Crippen MR) is 72.1 cm³/mol. The third-order valence-corrected chi connectivity index (χ3v) is 3.61. The van der Waals surface area contributed by atoms with Crippen LogP contribution in [0.1, 0.15) is 31.7 Å². The highest BCUT2D eigenvalue weighted by molar-refractivity contribution is 5.14. The summed E-state index contributed by atoms with van der Waals surface area (Å²) in [4.78, 5) is 0. The van der Waals surface area contributed by atoms with Gasteiger partial charge < -0.3 is 10.4 Å². The maximum Gasteiger partial charge on any atom is 0.102 e. The van der Waals surface area contributed by atoms with Gasteiger partial charge in [0.15, 0.2) is 0 Å². The molecule has 0 aliphatic heterocycles. The van der Waals surface area contributed by atoms with Gasteiger partial charge >= 0.3 is 0 Å². The van der Waals surface area contributed by atoms with Gasteiger partial charge in [-0.2, -0.15) is 5.10 Å². The van der Waals surface area contributed by atoms with Crippen molar-refractivity contribution < 1.29 is 5.11 Å². The molecule has 18 heavy (non-hydrogen) atoms. The summed E-state index contributed by atoms with van der Waals surface area (Å²) < 4.78 is 1.72. The predicted octanol–water partition coefficient (Wildman–Crippen LogP) is 1.57. The molecule has 4 nitrogen and oxygen atoms in total. The van der Waals surface area contributed by atoms with E-state index in [1.807, 2.05) is 20.2 Å². The van der Waals surface area contributed by atoms with Crippen molar-refractivity contribution >= 4 is 0 Å². The van der Waals surface area contributed by atoms with Crippen molar-refractivity contribution in [3.05, 3.63) is 30.1 Å². The minimum absolute atomic E-state index is 0.568. The van der Waals surface area contributed by atoms with Gasteiger partial charge in [-0.05, 0) is 38.6 Å². The van der Waals surface area contributed by atoms with Crippen LogP contribution in [0.2, 0.25) is 0 Å².